The van der Waals surface area contributed by atoms with Crippen molar-refractivity contribution in [1.82, 2.24) is 4.40 Å². The fourth-order valence-corrected chi connectivity index (χ4v) is 4.14. The summed E-state index contributed by atoms with van der Waals surface area (Å²) in [5, 5.41) is 0.180. The highest BCUT2D eigenvalue weighted by atomic mass is 32.2. The minimum absolute atomic E-state index is 0.180. The van der Waals surface area contributed by atoms with Crippen LogP contribution in [-0.4, -0.2) is 22.7 Å². The number of thioether (sulfide) groups is 1. The SMILES string of the molecule is CCCS[C@@H](c1ccccc1)c1cc(C(=O)OCC)c2ccccn12. The summed E-state index contributed by atoms with van der Waals surface area (Å²) in [6, 6.07) is 18.4. The number of ether oxygens (including phenoxy) is 1. The van der Waals surface area contributed by atoms with Crippen LogP contribution in [0.4, 0.5) is 0 Å². The molecule has 3 aromatic rings. The third kappa shape index (κ3) is 3.74. The number of carbonyl (C=O) groups excluding carboxylic acids is 1. The lowest BCUT2D eigenvalue weighted by Crippen LogP contribution is -2.03. The average molecular weight is 353 g/mol. The van der Waals surface area contributed by atoms with Crippen LogP contribution in [0.5, 0.6) is 0 Å². The molecule has 0 aliphatic heterocycles. The Hall–Kier alpha value is -2.20. The van der Waals surface area contributed by atoms with Crippen molar-refractivity contribution in [3.63, 3.8) is 0 Å². The van der Waals surface area contributed by atoms with E-state index in [1.807, 2.05) is 55.2 Å². The zero-order valence-electron chi connectivity index (χ0n) is 14.6. The second-order valence-corrected chi connectivity index (χ2v) is 7.03. The van der Waals surface area contributed by atoms with Crippen LogP contribution >= 0.6 is 11.8 Å². The highest BCUT2D eigenvalue weighted by molar-refractivity contribution is 7.99. The van der Waals surface area contributed by atoms with Gasteiger partial charge in [-0.15, -0.1) is 11.8 Å². The van der Waals surface area contributed by atoms with E-state index < -0.39 is 0 Å². The van der Waals surface area contributed by atoms with Crippen LogP contribution in [-0.2, 0) is 4.74 Å². The average Bonchev–Trinajstić information content (AvgIpc) is 3.03. The molecule has 0 N–H and O–H groups in total. The second kappa shape index (κ2) is 8.26. The Morgan fingerprint density at radius 2 is 1.88 bits per heavy atom. The molecule has 2 aromatic heterocycles. The van der Waals surface area contributed by atoms with Gasteiger partial charge < -0.3 is 9.14 Å². The van der Waals surface area contributed by atoms with E-state index >= 15 is 0 Å². The number of benzene rings is 1. The Morgan fingerprint density at radius 1 is 1.12 bits per heavy atom. The fourth-order valence-electron chi connectivity index (χ4n) is 2.97. The molecule has 1 atom stereocenters. The van der Waals surface area contributed by atoms with Crippen LogP contribution in [0.3, 0.4) is 0 Å². The van der Waals surface area contributed by atoms with E-state index in [1.165, 1.54) is 5.56 Å². The number of carbonyl (C=O) groups is 1. The Kier molecular flexibility index (Phi) is 5.82. The molecule has 0 unspecified atom stereocenters. The summed E-state index contributed by atoms with van der Waals surface area (Å²) in [6.07, 6.45) is 3.14. The number of pyridine rings is 1. The normalized spacial score (nSPS) is 12.2. The summed E-state index contributed by atoms with van der Waals surface area (Å²) in [6.45, 7) is 4.40. The molecule has 2 heterocycles. The summed E-state index contributed by atoms with van der Waals surface area (Å²) in [7, 11) is 0. The molecule has 3 nitrogen and oxygen atoms in total. The zero-order chi connectivity index (χ0) is 17.6. The van der Waals surface area contributed by atoms with Crippen molar-refractivity contribution in [2.45, 2.75) is 25.5 Å². The van der Waals surface area contributed by atoms with E-state index in [2.05, 4.69) is 35.6 Å². The smallest absolute Gasteiger partial charge is 0.340 e. The first-order valence-corrected chi connectivity index (χ1v) is 9.74. The Morgan fingerprint density at radius 3 is 2.60 bits per heavy atom. The van der Waals surface area contributed by atoms with Gasteiger partial charge in [0.1, 0.15) is 0 Å². The molecular weight excluding hydrogens is 330 g/mol. The van der Waals surface area contributed by atoms with Crippen molar-refractivity contribution in [3.8, 4) is 0 Å². The molecular formula is C21H23NO2S. The van der Waals surface area contributed by atoms with Crippen molar-refractivity contribution in [2.24, 2.45) is 0 Å². The van der Waals surface area contributed by atoms with Gasteiger partial charge in [-0.3, -0.25) is 0 Å². The van der Waals surface area contributed by atoms with E-state index in [9.17, 15) is 4.79 Å². The molecule has 0 saturated heterocycles. The van der Waals surface area contributed by atoms with Crippen LogP contribution in [0.15, 0.2) is 60.8 Å². The molecule has 0 fully saturated rings. The largest absolute Gasteiger partial charge is 0.462 e. The van der Waals surface area contributed by atoms with Crippen molar-refractivity contribution in [3.05, 3.63) is 77.6 Å². The Bertz CT molecular complexity index is 841. The lowest BCUT2D eigenvalue weighted by atomic mass is 10.1. The standard InChI is InChI=1S/C21H23NO2S/c1-3-14-25-20(16-10-6-5-7-11-16)19-15-17(21(23)24-4-2)18-12-8-9-13-22(18)19/h5-13,15,20H,3-4,14H2,1-2H3/t20-/m0/s1. The number of esters is 1. The minimum Gasteiger partial charge on any atom is -0.462 e. The maximum atomic E-state index is 12.4. The van der Waals surface area contributed by atoms with Gasteiger partial charge in [0.2, 0.25) is 0 Å². The molecule has 0 radical (unpaired) electrons. The van der Waals surface area contributed by atoms with E-state index in [4.69, 9.17) is 4.74 Å². The lowest BCUT2D eigenvalue weighted by molar-refractivity contribution is 0.0529. The quantitative estimate of drug-likeness (QED) is 0.537. The molecule has 130 valence electrons. The second-order valence-electron chi connectivity index (χ2n) is 5.82. The molecule has 25 heavy (non-hydrogen) atoms. The van der Waals surface area contributed by atoms with Gasteiger partial charge in [-0.1, -0.05) is 43.3 Å². The number of aromatic nitrogens is 1. The fraction of sp³-hybridized carbons (Fsp3) is 0.286. The number of rotatable bonds is 7. The first-order chi connectivity index (χ1) is 12.3. The van der Waals surface area contributed by atoms with Crippen molar-refractivity contribution < 1.29 is 9.53 Å². The monoisotopic (exact) mass is 353 g/mol. The maximum absolute atomic E-state index is 12.4. The van der Waals surface area contributed by atoms with Gasteiger partial charge >= 0.3 is 5.97 Å². The summed E-state index contributed by atoms with van der Waals surface area (Å²) in [4.78, 5) is 12.4. The first kappa shape index (κ1) is 17.6. The molecule has 0 amide bonds. The van der Waals surface area contributed by atoms with Crippen molar-refractivity contribution in [1.29, 1.82) is 0 Å². The summed E-state index contributed by atoms with van der Waals surface area (Å²) in [5.74, 6) is 0.804. The van der Waals surface area contributed by atoms with E-state index in [-0.39, 0.29) is 11.2 Å². The molecule has 0 saturated carbocycles. The van der Waals surface area contributed by atoms with E-state index in [1.54, 1.807) is 0 Å². The lowest BCUT2D eigenvalue weighted by Gasteiger charge is -2.17. The van der Waals surface area contributed by atoms with Crippen LogP contribution in [0.25, 0.3) is 5.52 Å². The van der Waals surface area contributed by atoms with Crippen LogP contribution in [0.1, 0.15) is 47.1 Å². The van der Waals surface area contributed by atoms with Crippen molar-refractivity contribution >= 4 is 23.2 Å². The summed E-state index contributed by atoms with van der Waals surface area (Å²) < 4.78 is 7.37. The van der Waals surface area contributed by atoms with E-state index in [0.717, 1.165) is 23.4 Å². The summed E-state index contributed by atoms with van der Waals surface area (Å²) in [5.41, 5.74) is 3.90. The Balaban J connectivity index is 2.12. The highest BCUT2D eigenvalue weighted by Crippen LogP contribution is 2.38. The number of hydrogen-bond acceptors (Lipinski definition) is 3. The number of hydrogen-bond donors (Lipinski definition) is 0. The topological polar surface area (TPSA) is 30.7 Å². The number of fused-ring (bicyclic) bond motifs is 1. The molecule has 0 bridgehead atoms. The first-order valence-electron chi connectivity index (χ1n) is 8.69. The number of nitrogens with zero attached hydrogens (tertiary/aromatic N) is 1. The van der Waals surface area contributed by atoms with Gasteiger partial charge in [-0.2, -0.15) is 0 Å². The predicted octanol–water partition coefficient (Wildman–Crippen LogP) is 5.35. The minimum atomic E-state index is -0.259. The van der Waals surface area contributed by atoms with Crippen LogP contribution in [0, 0.1) is 0 Å². The van der Waals surface area contributed by atoms with Gasteiger partial charge in [0.05, 0.1) is 22.9 Å². The molecule has 0 aliphatic carbocycles. The third-order valence-corrected chi connectivity index (χ3v) is 5.55. The van der Waals surface area contributed by atoms with Gasteiger partial charge in [0.25, 0.3) is 0 Å². The van der Waals surface area contributed by atoms with Crippen LogP contribution < -0.4 is 0 Å². The van der Waals surface area contributed by atoms with Gasteiger partial charge in [-0.25, -0.2) is 4.79 Å². The summed E-state index contributed by atoms with van der Waals surface area (Å²) >= 11 is 1.91. The molecule has 0 aliphatic rings. The van der Waals surface area contributed by atoms with Crippen molar-refractivity contribution in [2.75, 3.05) is 12.4 Å². The molecule has 3 rings (SSSR count). The zero-order valence-corrected chi connectivity index (χ0v) is 15.5. The molecule has 4 heteroatoms. The van der Waals surface area contributed by atoms with E-state index in [0.29, 0.717) is 12.2 Å². The molecule has 1 aromatic carbocycles. The van der Waals surface area contributed by atoms with Gasteiger partial charge in [0, 0.05) is 11.9 Å². The van der Waals surface area contributed by atoms with Crippen LogP contribution in [0.2, 0.25) is 0 Å². The molecule has 0 spiro atoms. The maximum Gasteiger partial charge on any atom is 0.340 e. The third-order valence-electron chi connectivity index (χ3n) is 4.06. The Labute approximate surface area is 153 Å². The predicted molar refractivity (Wildman–Crippen MR) is 104 cm³/mol. The van der Waals surface area contributed by atoms with Gasteiger partial charge in [0.15, 0.2) is 0 Å². The highest BCUT2D eigenvalue weighted by Gasteiger charge is 2.23. The van der Waals surface area contributed by atoms with Gasteiger partial charge in [-0.05, 0) is 42.9 Å².